The van der Waals surface area contributed by atoms with Crippen LogP contribution in [0.3, 0.4) is 0 Å². The SMILES string of the molecule is Cc1ccc(C(O)=C2C(=O)C(=O)N(Cc3ccncc3)C2c2ccc(Br)cc2)cc1F. The van der Waals surface area contributed by atoms with Gasteiger partial charge >= 0.3 is 0 Å². The van der Waals surface area contributed by atoms with E-state index in [-0.39, 0.29) is 17.7 Å². The van der Waals surface area contributed by atoms with Gasteiger partial charge in [0.2, 0.25) is 0 Å². The fourth-order valence-electron chi connectivity index (χ4n) is 3.62. The average molecular weight is 481 g/mol. The second-order valence-electron chi connectivity index (χ2n) is 7.30. The molecule has 1 atom stereocenters. The van der Waals surface area contributed by atoms with Gasteiger partial charge < -0.3 is 10.0 Å². The van der Waals surface area contributed by atoms with Crippen molar-refractivity contribution in [1.29, 1.82) is 0 Å². The van der Waals surface area contributed by atoms with Crippen LogP contribution in [-0.4, -0.2) is 26.7 Å². The average Bonchev–Trinajstić information content (AvgIpc) is 3.01. The number of aromatic nitrogens is 1. The summed E-state index contributed by atoms with van der Waals surface area (Å²) >= 11 is 3.38. The number of aliphatic hydroxyl groups is 1. The van der Waals surface area contributed by atoms with Gasteiger partial charge in [0.25, 0.3) is 11.7 Å². The predicted molar refractivity (Wildman–Crippen MR) is 117 cm³/mol. The smallest absolute Gasteiger partial charge is 0.295 e. The van der Waals surface area contributed by atoms with E-state index in [9.17, 15) is 19.1 Å². The standard InChI is InChI=1S/C24H18BrFN2O3/c1-14-2-3-17(12-19(14)26)22(29)20-21(16-4-6-18(25)7-5-16)28(24(31)23(20)30)13-15-8-10-27-11-9-15/h2-12,21,29H,13H2,1H3. The lowest BCUT2D eigenvalue weighted by Crippen LogP contribution is -2.29. The molecule has 1 saturated heterocycles. The number of hydrogen-bond donors (Lipinski definition) is 1. The highest BCUT2D eigenvalue weighted by molar-refractivity contribution is 9.10. The van der Waals surface area contributed by atoms with Crippen LogP contribution in [0.25, 0.3) is 5.76 Å². The summed E-state index contributed by atoms with van der Waals surface area (Å²) < 4.78 is 15.0. The van der Waals surface area contributed by atoms with Gasteiger partial charge in [0.15, 0.2) is 0 Å². The van der Waals surface area contributed by atoms with Crippen molar-refractivity contribution in [3.05, 3.63) is 105 Å². The maximum atomic E-state index is 14.1. The van der Waals surface area contributed by atoms with Crippen LogP contribution in [0.5, 0.6) is 0 Å². The van der Waals surface area contributed by atoms with Gasteiger partial charge in [-0.15, -0.1) is 0 Å². The van der Waals surface area contributed by atoms with Crippen LogP contribution < -0.4 is 0 Å². The van der Waals surface area contributed by atoms with Crippen molar-refractivity contribution in [3.63, 3.8) is 0 Å². The second-order valence-corrected chi connectivity index (χ2v) is 8.21. The Labute approximate surface area is 187 Å². The van der Waals surface area contributed by atoms with Crippen molar-refractivity contribution in [2.75, 3.05) is 0 Å². The van der Waals surface area contributed by atoms with Gasteiger partial charge in [-0.1, -0.05) is 40.2 Å². The zero-order valence-electron chi connectivity index (χ0n) is 16.5. The molecule has 0 aliphatic carbocycles. The summed E-state index contributed by atoms with van der Waals surface area (Å²) in [5, 5.41) is 11.0. The molecule has 7 heteroatoms. The van der Waals surface area contributed by atoms with E-state index in [1.165, 1.54) is 23.1 Å². The molecule has 1 N–H and O–H groups in total. The third-order valence-corrected chi connectivity index (χ3v) is 5.80. The first kappa shape index (κ1) is 20.9. The number of amides is 1. The summed E-state index contributed by atoms with van der Waals surface area (Å²) in [6.45, 7) is 1.77. The number of aliphatic hydroxyl groups excluding tert-OH is 1. The molecule has 1 aromatic heterocycles. The largest absolute Gasteiger partial charge is 0.507 e. The molecular formula is C24H18BrFN2O3. The number of carbonyl (C=O) groups is 2. The molecule has 1 aliphatic heterocycles. The number of ketones is 1. The fraction of sp³-hybridized carbons (Fsp3) is 0.125. The van der Waals surface area contributed by atoms with E-state index >= 15 is 0 Å². The van der Waals surface area contributed by atoms with Gasteiger partial charge in [0, 0.05) is 29.0 Å². The number of likely N-dealkylation sites (tertiary alicyclic amines) is 1. The first-order valence-electron chi connectivity index (χ1n) is 9.56. The van der Waals surface area contributed by atoms with E-state index in [1.807, 2.05) is 0 Å². The summed E-state index contributed by atoms with van der Waals surface area (Å²) in [5.41, 5.74) is 1.95. The summed E-state index contributed by atoms with van der Waals surface area (Å²) in [4.78, 5) is 31.4. The third kappa shape index (κ3) is 4.01. The Morgan fingerprint density at radius 1 is 1.10 bits per heavy atom. The summed E-state index contributed by atoms with van der Waals surface area (Å²) in [5.74, 6) is -2.43. The van der Waals surface area contributed by atoms with E-state index in [1.54, 1.807) is 55.7 Å². The van der Waals surface area contributed by atoms with Gasteiger partial charge in [-0.2, -0.15) is 0 Å². The Morgan fingerprint density at radius 3 is 2.42 bits per heavy atom. The molecular weight excluding hydrogens is 463 g/mol. The number of benzene rings is 2. The molecule has 2 aromatic carbocycles. The van der Waals surface area contributed by atoms with Crippen LogP contribution in [0, 0.1) is 12.7 Å². The van der Waals surface area contributed by atoms with Gasteiger partial charge in [0.1, 0.15) is 11.6 Å². The van der Waals surface area contributed by atoms with Crippen LogP contribution in [0.1, 0.15) is 28.3 Å². The van der Waals surface area contributed by atoms with Gasteiger partial charge in [-0.05, 0) is 53.9 Å². The molecule has 1 aliphatic rings. The molecule has 0 bridgehead atoms. The molecule has 2 heterocycles. The van der Waals surface area contributed by atoms with Crippen LogP contribution in [0.2, 0.25) is 0 Å². The first-order valence-corrected chi connectivity index (χ1v) is 10.4. The molecule has 5 nitrogen and oxygen atoms in total. The van der Waals surface area contributed by atoms with Crippen LogP contribution in [-0.2, 0) is 16.1 Å². The number of nitrogens with zero attached hydrogens (tertiary/aromatic N) is 2. The van der Waals surface area contributed by atoms with Gasteiger partial charge in [0.05, 0.1) is 11.6 Å². The molecule has 0 radical (unpaired) electrons. The minimum absolute atomic E-state index is 0.0652. The monoisotopic (exact) mass is 480 g/mol. The molecule has 1 amide bonds. The number of rotatable bonds is 4. The number of hydrogen-bond acceptors (Lipinski definition) is 4. The summed E-state index contributed by atoms with van der Waals surface area (Å²) in [7, 11) is 0. The lowest BCUT2D eigenvalue weighted by Gasteiger charge is -2.25. The van der Waals surface area contributed by atoms with E-state index in [2.05, 4.69) is 20.9 Å². The second kappa shape index (κ2) is 8.43. The van der Waals surface area contributed by atoms with Crippen LogP contribution in [0.15, 0.2) is 77.0 Å². The minimum atomic E-state index is -0.814. The van der Waals surface area contributed by atoms with Crippen molar-refractivity contribution >= 4 is 33.4 Å². The summed E-state index contributed by atoms with van der Waals surface area (Å²) in [6, 6.07) is 14.1. The Bertz CT molecular complexity index is 1190. The van der Waals surface area contributed by atoms with Crippen molar-refractivity contribution < 1.29 is 19.1 Å². The zero-order chi connectivity index (χ0) is 22.1. The fourth-order valence-corrected chi connectivity index (χ4v) is 3.88. The Kier molecular flexibility index (Phi) is 5.69. The Morgan fingerprint density at radius 2 is 1.77 bits per heavy atom. The molecule has 3 aromatic rings. The zero-order valence-corrected chi connectivity index (χ0v) is 18.1. The van der Waals surface area contributed by atoms with Gasteiger partial charge in [-0.3, -0.25) is 14.6 Å². The maximum absolute atomic E-state index is 14.1. The van der Waals surface area contributed by atoms with Crippen molar-refractivity contribution in [2.45, 2.75) is 19.5 Å². The Balaban J connectivity index is 1.87. The highest BCUT2D eigenvalue weighted by Crippen LogP contribution is 2.40. The third-order valence-electron chi connectivity index (χ3n) is 5.27. The van der Waals surface area contributed by atoms with E-state index in [0.29, 0.717) is 11.1 Å². The van der Waals surface area contributed by atoms with Crippen LogP contribution >= 0.6 is 15.9 Å². The predicted octanol–water partition coefficient (Wildman–Crippen LogP) is 4.91. The Hall–Kier alpha value is -3.32. The lowest BCUT2D eigenvalue weighted by atomic mass is 9.95. The first-order chi connectivity index (χ1) is 14.9. The quantitative estimate of drug-likeness (QED) is 0.327. The van der Waals surface area contributed by atoms with Crippen molar-refractivity contribution in [3.8, 4) is 0 Å². The minimum Gasteiger partial charge on any atom is -0.507 e. The molecule has 0 saturated carbocycles. The molecule has 156 valence electrons. The number of aryl methyl sites for hydroxylation is 1. The normalized spacial score (nSPS) is 17.9. The van der Waals surface area contributed by atoms with Crippen molar-refractivity contribution in [2.24, 2.45) is 0 Å². The molecule has 1 fully saturated rings. The highest BCUT2D eigenvalue weighted by atomic mass is 79.9. The number of pyridine rings is 1. The molecule has 0 spiro atoms. The van der Waals surface area contributed by atoms with Crippen LogP contribution in [0.4, 0.5) is 4.39 Å². The lowest BCUT2D eigenvalue weighted by molar-refractivity contribution is -0.140. The van der Waals surface area contributed by atoms with Crippen molar-refractivity contribution in [1.82, 2.24) is 9.88 Å². The number of Topliss-reactive ketones (excluding diaryl/α,β-unsaturated/α-hetero) is 1. The number of halogens is 2. The molecule has 31 heavy (non-hydrogen) atoms. The topological polar surface area (TPSA) is 70.5 Å². The van der Waals surface area contributed by atoms with E-state index in [0.717, 1.165) is 10.0 Å². The maximum Gasteiger partial charge on any atom is 0.295 e. The number of carbonyl (C=O) groups excluding carboxylic acids is 2. The van der Waals surface area contributed by atoms with E-state index in [4.69, 9.17) is 0 Å². The molecule has 4 rings (SSSR count). The highest BCUT2D eigenvalue weighted by Gasteiger charge is 2.46. The van der Waals surface area contributed by atoms with E-state index < -0.39 is 29.3 Å². The molecule has 1 unspecified atom stereocenters. The van der Waals surface area contributed by atoms with Gasteiger partial charge in [-0.25, -0.2) is 4.39 Å². The summed E-state index contributed by atoms with van der Waals surface area (Å²) in [6.07, 6.45) is 3.21.